The first kappa shape index (κ1) is 20.0. The Morgan fingerprint density at radius 1 is 1.18 bits per heavy atom. The van der Waals surface area contributed by atoms with Crippen molar-refractivity contribution >= 4 is 17.7 Å². The number of nitrogens with zero attached hydrogens (tertiary/aromatic N) is 1. The van der Waals surface area contributed by atoms with Crippen LogP contribution in [-0.2, 0) is 9.53 Å². The summed E-state index contributed by atoms with van der Waals surface area (Å²) in [5.74, 6) is -1.29. The van der Waals surface area contributed by atoms with Crippen LogP contribution in [0.2, 0.25) is 0 Å². The molecule has 3 rings (SSSR count). The van der Waals surface area contributed by atoms with Crippen molar-refractivity contribution < 1.29 is 23.4 Å². The van der Waals surface area contributed by atoms with Gasteiger partial charge in [-0.2, -0.15) is 0 Å². The number of hydrogen-bond donors (Lipinski definition) is 2. The molecule has 7 heteroatoms. The molecular weight excluding hydrogens is 366 g/mol. The van der Waals surface area contributed by atoms with Gasteiger partial charge in [-0.3, -0.25) is 4.79 Å². The predicted octanol–water partition coefficient (Wildman–Crippen LogP) is 2.66. The molecule has 1 aliphatic rings. The first-order valence-corrected chi connectivity index (χ1v) is 9.04. The maximum atomic E-state index is 14.3. The van der Waals surface area contributed by atoms with Gasteiger partial charge in [0.05, 0.1) is 31.5 Å². The maximum absolute atomic E-state index is 14.3. The SMILES string of the molecule is O=C(C=Cc1ccccc1F)N[C@@H](CO)c1ccc(F)c(N2CCOCC2)c1. The van der Waals surface area contributed by atoms with Crippen LogP contribution in [-0.4, -0.2) is 43.9 Å². The lowest BCUT2D eigenvalue weighted by atomic mass is 10.1. The van der Waals surface area contributed by atoms with E-state index < -0.39 is 17.8 Å². The van der Waals surface area contributed by atoms with Crippen LogP contribution >= 0.6 is 0 Å². The maximum Gasteiger partial charge on any atom is 0.244 e. The summed E-state index contributed by atoms with van der Waals surface area (Å²) in [5, 5.41) is 12.4. The van der Waals surface area contributed by atoms with E-state index in [9.17, 15) is 18.7 Å². The summed E-state index contributed by atoms with van der Waals surface area (Å²) < 4.78 is 33.2. The van der Waals surface area contributed by atoms with Crippen molar-refractivity contribution in [2.45, 2.75) is 6.04 Å². The molecule has 1 atom stereocenters. The van der Waals surface area contributed by atoms with Crippen molar-refractivity contribution in [1.29, 1.82) is 0 Å². The number of aliphatic hydroxyl groups is 1. The number of benzene rings is 2. The van der Waals surface area contributed by atoms with Crippen LogP contribution in [0.4, 0.5) is 14.5 Å². The van der Waals surface area contributed by atoms with E-state index in [1.807, 2.05) is 4.90 Å². The molecule has 5 nitrogen and oxygen atoms in total. The number of nitrogens with one attached hydrogen (secondary N) is 1. The third-order valence-corrected chi connectivity index (χ3v) is 4.54. The molecule has 0 saturated carbocycles. The summed E-state index contributed by atoms with van der Waals surface area (Å²) in [4.78, 5) is 14.1. The number of morpholine rings is 1. The van der Waals surface area contributed by atoms with E-state index in [0.29, 0.717) is 37.6 Å². The summed E-state index contributed by atoms with van der Waals surface area (Å²) >= 11 is 0. The van der Waals surface area contributed by atoms with Crippen molar-refractivity contribution in [2.75, 3.05) is 37.8 Å². The fraction of sp³-hybridized carbons (Fsp3) is 0.286. The summed E-state index contributed by atoms with van der Waals surface area (Å²) in [6.07, 6.45) is 2.57. The van der Waals surface area contributed by atoms with Gasteiger partial charge in [0.1, 0.15) is 11.6 Å². The lowest BCUT2D eigenvalue weighted by Crippen LogP contribution is -2.37. The molecule has 148 valence electrons. The van der Waals surface area contributed by atoms with Gasteiger partial charge in [-0.25, -0.2) is 8.78 Å². The summed E-state index contributed by atoms with van der Waals surface area (Å²) in [5.41, 5.74) is 1.28. The minimum absolute atomic E-state index is 0.287. The van der Waals surface area contributed by atoms with E-state index in [4.69, 9.17) is 4.74 Å². The zero-order valence-electron chi connectivity index (χ0n) is 15.3. The van der Waals surface area contributed by atoms with Crippen molar-refractivity contribution in [2.24, 2.45) is 0 Å². The number of anilines is 1. The minimum atomic E-state index is -0.710. The third kappa shape index (κ3) is 4.94. The van der Waals surface area contributed by atoms with E-state index in [0.717, 1.165) is 0 Å². The molecule has 2 aromatic rings. The van der Waals surface area contributed by atoms with Crippen LogP contribution in [0.15, 0.2) is 48.5 Å². The van der Waals surface area contributed by atoms with E-state index in [2.05, 4.69) is 5.32 Å². The Hall–Kier alpha value is -2.77. The van der Waals surface area contributed by atoms with Gasteiger partial charge in [-0.15, -0.1) is 0 Å². The average molecular weight is 388 g/mol. The number of halogens is 2. The second-order valence-corrected chi connectivity index (χ2v) is 6.41. The molecule has 0 radical (unpaired) electrons. The molecule has 1 amide bonds. The monoisotopic (exact) mass is 388 g/mol. The van der Waals surface area contributed by atoms with Gasteiger partial charge in [-0.05, 0) is 29.8 Å². The number of amides is 1. The van der Waals surface area contributed by atoms with Crippen LogP contribution < -0.4 is 10.2 Å². The molecule has 0 aliphatic carbocycles. The van der Waals surface area contributed by atoms with Gasteiger partial charge in [-0.1, -0.05) is 24.3 Å². The van der Waals surface area contributed by atoms with Crippen molar-refractivity contribution in [3.8, 4) is 0 Å². The Morgan fingerprint density at radius 2 is 1.93 bits per heavy atom. The fourth-order valence-electron chi connectivity index (χ4n) is 3.02. The topological polar surface area (TPSA) is 61.8 Å². The lowest BCUT2D eigenvalue weighted by Gasteiger charge is -2.30. The molecule has 1 fully saturated rings. The zero-order chi connectivity index (χ0) is 19.9. The first-order valence-electron chi connectivity index (χ1n) is 9.04. The van der Waals surface area contributed by atoms with Crippen LogP contribution in [0.25, 0.3) is 6.08 Å². The Morgan fingerprint density at radius 3 is 2.64 bits per heavy atom. The summed E-state index contributed by atoms with van der Waals surface area (Å²) in [6.45, 7) is 1.83. The molecule has 28 heavy (non-hydrogen) atoms. The van der Waals surface area contributed by atoms with E-state index in [1.54, 1.807) is 24.3 Å². The van der Waals surface area contributed by atoms with Gasteiger partial charge in [0.25, 0.3) is 0 Å². The third-order valence-electron chi connectivity index (χ3n) is 4.54. The first-order chi connectivity index (χ1) is 13.6. The largest absolute Gasteiger partial charge is 0.394 e. The van der Waals surface area contributed by atoms with Gasteiger partial charge in [0.15, 0.2) is 0 Å². The molecule has 0 aromatic heterocycles. The Labute approximate surface area is 162 Å². The smallest absolute Gasteiger partial charge is 0.244 e. The average Bonchev–Trinajstić information content (AvgIpc) is 2.72. The molecular formula is C21H22F2N2O3. The van der Waals surface area contributed by atoms with Gasteiger partial charge in [0.2, 0.25) is 5.91 Å². The summed E-state index contributed by atoms with van der Waals surface area (Å²) in [6, 6.07) is 9.86. The zero-order valence-corrected chi connectivity index (χ0v) is 15.3. The van der Waals surface area contributed by atoms with Crippen molar-refractivity contribution in [1.82, 2.24) is 5.32 Å². The molecule has 2 aromatic carbocycles. The normalized spacial score (nSPS) is 15.6. The highest BCUT2D eigenvalue weighted by Gasteiger charge is 2.19. The number of carbonyl (C=O) groups is 1. The molecule has 0 bridgehead atoms. The van der Waals surface area contributed by atoms with E-state index in [1.165, 1.54) is 30.4 Å². The molecule has 1 heterocycles. The lowest BCUT2D eigenvalue weighted by molar-refractivity contribution is -0.117. The number of aliphatic hydroxyl groups excluding tert-OH is 1. The number of hydrogen-bond acceptors (Lipinski definition) is 4. The molecule has 1 aliphatic heterocycles. The molecule has 0 spiro atoms. The van der Waals surface area contributed by atoms with Crippen molar-refractivity contribution in [3.05, 3.63) is 71.3 Å². The second-order valence-electron chi connectivity index (χ2n) is 6.41. The van der Waals surface area contributed by atoms with Crippen LogP contribution in [0.1, 0.15) is 17.2 Å². The van der Waals surface area contributed by atoms with Gasteiger partial charge in [0, 0.05) is 24.7 Å². The molecule has 0 unspecified atom stereocenters. The standard InChI is InChI=1S/C21H22F2N2O3/c22-17-4-2-1-3-15(17)6-8-21(27)24-19(14-26)16-5-7-18(23)20(13-16)25-9-11-28-12-10-25/h1-8,13,19,26H,9-12,14H2,(H,24,27)/t19-/m0/s1. The van der Waals surface area contributed by atoms with E-state index in [-0.39, 0.29) is 18.0 Å². The number of ether oxygens (including phenoxy) is 1. The molecule has 2 N–H and O–H groups in total. The summed E-state index contributed by atoms with van der Waals surface area (Å²) in [7, 11) is 0. The highest BCUT2D eigenvalue weighted by atomic mass is 19.1. The quantitative estimate of drug-likeness (QED) is 0.747. The minimum Gasteiger partial charge on any atom is -0.394 e. The van der Waals surface area contributed by atoms with Crippen LogP contribution in [0.3, 0.4) is 0 Å². The van der Waals surface area contributed by atoms with E-state index >= 15 is 0 Å². The fourth-order valence-corrected chi connectivity index (χ4v) is 3.02. The highest BCUT2D eigenvalue weighted by molar-refractivity contribution is 5.92. The van der Waals surface area contributed by atoms with Gasteiger partial charge >= 0.3 is 0 Å². The second kappa shape index (κ2) is 9.43. The Bertz CT molecular complexity index is 851. The van der Waals surface area contributed by atoms with Crippen LogP contribution in [0.5, 0.6) is 0 Å². The number of rotatable bonds is 6. The van der Waals surface area contributed by atoms with Crippen LogP contribution in [0, 0.1) is 11.6 Å². The van der Waals surface area contributed by atoms with Gasteiger partial charge < -0.3 is 20.1 Å². The van der Waals surface area contributed by atoms with Crippen molar-refractivity contribution in [3.63, 3.8) is 0 Å². The highest BCUT2D eigenvalue weighted by Crippen LogP contribution is 2.25. The predicted molar refractivity (Wildman–Crippen MR) is 103 cm³/mol. The molecule has 1 saturated heterocycles. The Kier molecular flexibility index (Phi) is 6.73. The Balaban J connectivity index is 1.72. The number of carbonyl (C=O) groups excluding carboxylic acids is 1.